The molecule has 9 heteroatoms. The van der Waals surface area contributed by atoms with Crippen LogP contribution in [0.2, 0.25) is 0 Å². The number of nitrogens with zero attached hydrogens (tertiary/aromatic N) is 2. The fourth-order valence-corrected chi connectivity index (χ4v) is 4.44. The standard InChI is InChI=1S/C20H23FN2O5S/c1-2-27-17-6-8-18(9-7-17)28-15-20(24)22-10-12-23(13-11-22)29(25,26)19-5-3-4-16(21)14-19/h3-9,14H,2,10-13,15H2,1H3. The Labute approximate surface area is 169 Å². The summed E-state index contributed by atoms with van der Waals surface area (Å²) in [6.07, 6.45) is 0. The van der Waals surface area contributed by atoms with Gasteiger partial charge in [-0.3, -0.25) is 4.79 Å². The van der Waals surface area contributed by atoms with Crippen LogP contribution < -0.4 is 9.47 Å². The molecule has 0 radical (unpaired) electrons. The Kier molecular flexibility index (Phi) is 6.71. The van der Waals surface area contributed by atoms with Crippen LogP contribution in [-0.4, -0.2) is 62.9 Å². The average molecular weight is 422 g/mol. The van der Waals surface area contributed by atoms with Crippen molar-refractivity contribution in [2.45, 2.75) is 11.8 Å². The van der Waals surface area contributed by atoms with Crippen molar-refractivity contribution in [2.24, 2.45) is 0 Å². The third-order valence-corrected chi connectivity index (χ3v) is 6.42. The van der Waals surface area contributed by atoms with Gasteiger partial charge in [-0.1, -0.05) is 6.07 Å². The first kappa shape index (κ1) is 21.1. The Morgan fingerprint density at radius 3 is 2.21 bits per heavy atom. The van der Waals surface area contributed by atoms with Crippen LogP contribution in [0.4, 0.5) is 4.39 Å². The van der Waals surface area contributed by atoms with Crippen molar-refractivity contribution in [3.8, 4) is 11.5 Å². The van der Waals surface area contributed by atoms with Crippen LogP contribution >= 0.6 is 0 Å². The van der Waals surface area contributed by atoms with Crippen LogP contribution in [0.25, 0.3) is 0 Å². The summed E-state index contributed by atoms with van der Waals surface area (Å²) in [6.45, 7) is 3.12. The number of ether oxygens (including phenoxy) is 2. The Morgan fingerprint density at radius 1 is 1.00 bits per heavy atom. The number of halogens is 1. The Morgan fingerprint density at radius 2 is 1.62 bits per heavy atom. The quantitative estimate of drug-likeness (QED) is 0.683. The smallest absolute Gasteiger partial charge is 0.260 e. The molecular formula is C20H23FN2O5S. The summed E-state index contributed by atoms with van der Waals surface area (Å²) < 4.78 is 50.7. The highest BCUT2D eigenvalue weighted by molar-refractivity contribution is 7.89. The van der Waals surface area contributed by atoms with Gasteiger partial charge in [0.25, 0.3) is 5.91 Å². The summed E-state index contributed by atoms with van der Waals surface area (Å²) in [4.78, 5) is 13.8. The van der Waals surface area contributed by atoms with Gasteiger partial charge in [0, 0.05) is 26.2 Å². The van der Waals surface area contributed by atoms with Crippen LogP contribution in [0.15, 0.2) is 53.4 Å². The maximum absolute atomic E-state index is 13.4. The molecule has 0 aliphatic carbocycles. The Balaban J connectivity index is 1.51. The van der Waals surface area contributed by atoms with Crippen molar-refractivity contribution in [3.05, 3.63) is 54.3 Å². The lowest BCUT2D eigenvalue weighted by atomic mass is 10.3. The summed E-state index contributed by atoms with van der Waals surface area (Å²) in [5.41, 5.74) is 0. The molecule has 1 saturated heterocycles. The summed E-state index contributed by atoms with van der Waals surface area (Å²) in [5, 5.41) is 0. The summed E-state index contributed by atoms with van der Waals surface area (Å²) in [6, 6.07) is 11.9. The van der Waals surface area contributed by atoms with Crippen molar-refractivity contribution in [2.75, 3.05) is 39.4 Å². The number of benzene rings is 2. The molecule has 0 saturated carbocycles. The van der Waals surface area contributed by atoms with Crippen molar-refractivity contribution in [1.29, 1.82) is 0 Å². The fourth-order valence-electron chi connectivity index (χ4n) is 2.99. The highest BCUT2D eigenvalue weighted by atomic mass is 32.2. The molecule has 156 valence electrons. The largest absolute Gasteiger partial charge is 0.494 e. The predicted octanol–water partition coefficient (Wildman–Crippen LogP) is 2.14. The highest BCUT2D eigenvalue weighted by Crippen LogP contribution is 2.20. The molecule has 3 rings (SSSR count). The van der Waals surface area contributed by atoms with E-state index < -0.39 is 15.8 Å². The number of rotatable bonds is 7. The van der Waals surface area contributed by atoms with E-state index in [0.29, 0.717) is 12.4 Å². The van der Waals surface area contributed by atoms with Crippen LogP contribution in [-0.2, 0) is 14.8 Å². The van der Waals surface area contributed by atoms with Gasteiger partial charge in [0.2, 0.25) is 10.0 Å². The molecule has 1 amide bonds. The third kappa shape index (κ3) is 5.24. The molecule has 0 atom stereocenters. The second-order valence-electron chi connectivity index (χ2n) is 6.44. The minimum atomic E-state index is -3.79. The molecule has 1 heterocycles. The lowest BCUT2D eigenvalue weighted by Crippen LogP contribution is -2.51. The molecule has 0 aromatic heterocycles. The van der Waals surface area contributed by atoms with Crippen molar-refractivity contribution < 1.29 is 27.1 Å². The number of piperazine rings is 1. The molecular weight excluding hydrogens is 399 g/mol. The van der Waals surface area contributed by atoms with Crippen LogP contribution in [0.5, 0.6) is 11.5 Å². The second-order valence-corrected chi connectivity index (χ2v) is 8.37. The summed E-state index contributed by atoms with van der Waals surface area (Å²) in [7, 11) is -3.79. The molecule has 0 spiro atoms. The van der Waals surface area contributed by atoms with Gasteiger partial charge in [-0.2, -0.15) is 4.31 Å². The molecule has 2 aromatic rings. The van der Waals surface area contributed by atoms with E-state index in [1.54, 1.807) is 29.2 Å². The minimum absolute atomic E-state index is 0.0869. The number of hydrogen-bond donors (Lipinski definition) is 0. The van der Waals surface area contributed by atoms with E-state index in [1.807, 2.05) is 6.92 Å². The molecule has 1 aliphatic rings. The zero-order valence-corrected chi connectivity index (χ0v) is 16.9. The van der Waals surface area contributed by atoms with Gasteiger partial charge in [-0.25, -0.2) is 12.8 Å². The first-order chi connectivity index (χ1) is 13.9. The van der Waals surface area contributed by atoms with E-state index in [9.17, 15) is 17.6 Å². The van der Waals surface area contributed by atoms with Gasteiger partial charge in [-0.15, -0.1) is 0 Å². The van der Waals surface area contributed by atoms with Crippen LogP contribution in [0.3, 0.4) is 0 Å². The number of carbonyl (C=O) groups excluding carboxylic acids is 1. The first-order valence-corrected chi connectivity index (χ1v) is 10.7. The lowest BCUT2D eigenvalue weighted by Gasteiger charge is -2.34. The lowest BCUT2D eigenvalue weighted by molar-refractivity contribution is -0.134. The minimum Gasteiger partial charge on any atom is -0.494 e. The predicted molar refractivity (Wildman–Crippen MR) is 105 cm³/mol. The molecule has 29 heavy (non-hydrogen) atoms. The van der Waals surface area contributed by atoms with Gasteiger partial charge in [0.05, 0.1) is 11.5 Å². The molecule has 7 nitrogen and oxygen atoms in total. The van der Waals surface area contributed by atoms with E-state index >= 15 is 0 Å². The summed E-state index contributed by atoms with van der Waals surface area (Å²) >= 11 is 0. The number of hydrogen-bond acceptors (Lipinski definition) is 5. The Bertz CT molecular complexity index is 942. The molecule has 0 unspecified atom stereocenters. The van der Waals surface area contributed by atoms with E-state index in [2.05, 4.69) is 0 Å². The number of amides is 1. The molecule has 0 bridgehead atoms. The molecule has 1 aliphatic heterocycles. The van der Waals surface area contributed by atoms with Crippen molar-refractivity contribution >= 4 is 15.9 Å². The van der Waals surface area contributed by atoms with Crippen LogP contribution in [0, 0.1) is 5.82 Å². The fraction of sp³-hybridized carbons (Fsp3) is 0.350. The Hall–Kier alpha value is -2.65. The zero-order valence-electron chi connectivity index (χ0n) is 16.1. The maximum atomic E-state index is 13.4. The van der Waals surface area contributed by atoms with Gasteiger partial charge in [0.1, 0.15) is 17.3 Å². The van der Waals surface area contributed by atoms with Gasteiger partial charge < -0.3 is 14.4 Å². The molecule has 0 N–H and O–H groups in total. The van der Waals surface area contributed by atoms with E-state index in [4.69, 9.17) is 9.47 Å². The highest BCUT2D eigenvalue weighted by Gasteiger charge is 2.30. The number of sulfonamides is 1. The molecule has 1 fully saturated rings. The number of carbonyl (C=O) groups is 1. The van der Waals surface area contributed by atoms with Crippen molar-refractivity contribution in [3.63, 3.8) is 0 Å². The first-order valence-electron chi connectivity index (χ1n) is 9.29. The monoisotopic (exact) mass is 422 g/mol. The van der Waals surface area contributed by atoms with E-state index in [0.717, 1.165) is 11.8 Å². The topological polar surface area (TPSA) is 76.2 Å². The SMILES string of the molecule is CCOc1ccc(OCC(=O)N2CCN(S(=O)(=O)c3cccc(F)c3)CC2)cc1. The average Bonchev–Trinajstić information content (AvgIpc) is 2.73. The van der Waals surface area contributed by atoms with E-state index in [-0.39, 0.29) is 43.6 Å². The van der Waals surface area contributed by atoms with Gasteiger partial charge in [0.15, 0.2) is 6.61 Å². The van der Waals surface area contributed by atoms with Gasteiger partial charge in [-0.05, 0) is 49.4 Å². The van der Waals surface area contributed by atoms with Gasteiger partial charge >= 0.3 is 0 Å². The van der Waals surface area contributed by atoms with Crippen LogP contribution in [0.1, 0.15) is 6.92 Å². The zero-order chi connectivity index (χ0) is 20.9. The molecule has 2 aromatic carbocycles. The summed E-state index contributed by atoms with van der Waals surface area (Å²) in [5.74, 6) is 0.448. The third-order valence-electron chi connectivity index (χ3n) is 4.52. The van der Waals surface area contributed by atoms with E-state index in [1.165, 1.54) is 22.5 Å². The normalized spacial score (nSPS) is 15.2. The van der Waals surface area contributed by atoms with Crippen molar-refractivity contribution in [1.82, 2.24) is 9.21 Å². The second kappa shape index (κ2) is 9.23. The maximum Gasteiger partial charge on any atom is 0.260 e.